The third-order valence-corrected chi connectivity index (χ3v) is 4.34. The van der Waals surface area contributed by atoms with Crippen LogP contribution < -0.4 is 9.64 Å². The number of benzene rings is 2. The predicted octanol–water partition coefficient (Wildman–Crippen LogP) is 4.75. The Balaban J connectivity index is 1.83. The molecule has 0 radical (unpaired) electrons. The first-order valence-corrected chi connectivity index (χ1v) is 7.98. The molecule has 2 aromatic carbocycles. The fraction of sp³-hybridized carbons (Fsp3) is 0.300. The summed E-state index contributed by atoms with van der Waals surface area (Å²) in [6, 6.07) is 17.2. The summed E-state index contributed by atoms with van der Waals surface area (Å²) in [5, 5.41) is 0. The lowest BCUT2D eigenvalue weighted by atomic mass is 9.97. The Morgan fingerprint density at radius 3 is 1.95 bits per heavy atom. The van der Waals surface area contributed by atoms with Crippen molar-refractivity contribution in [3.05, 3.63) is 65.7 Å². The lowest BCUT2D eigenvalue weighted by Crippen LogP contribution is -2.17. The zero-order valence-electron chi connectivity index (χ0n) is 13.4. The number of rotatable bonds is 4. The first kappa shape index (κ1) is 14.7. The first-order chi connectivity index (χ1) is 10.8. The van der Waals surface area contributed by atoms with Crippen LogP contribution in [0, 0.1) is 0 Å². The van der Waals surface area contributed by atoms with Gasteiger partial charge >= 0.3 is 0 Å². The Morgan fingerprint density at radius 1 is 0.909 bits per heavy atom. The average Bonchev–Trinajstić information content (AvgIpc) is 3.11. The van der Waals surface area contributed by atoms with Gasteiger partial charge in [0.05, 0.1) is 7.11 Å². The van der Waals surface area contributed by atoms with Crippen molar-refractivity contribution in [1.29, 1.82) is 0 Å². The van der Waals surface area contributed by atoms with Crippen LogP contribution in [0.5, 0.6) is 5.75 Å². The molecule has 114 valence electrons. The molecule has 3 rings (SSSR count). The fourth-order valence-electron chi connectivity index (χ4n) is 3.10. The summed E-state index contributed by atoms with van der Waals surface area (Å²) in [6.07, 6.45) is 4.80. The second-order valence-corrected chi connectivity index (χ2v) is 5.67. The highest BCUT2D eigenvalue weighted by Gasteiger charge is 2.12. The average molecular weight is 293 g/mol. The Morgan fingerprint density at radius 2 is 1.45 bits per heavy atom. The standard InChI is InChI=1S/C20H23NO/c1-3-20(17-8-12-19(22-2)13-9-17)16-6-10-18(11-7-16)21-14-4-5-15-21/h3,6-13H,4-5,14-15H2,1-2H3. The van der Waals surface area contributed by atoms with Crippen LogP contribution in [0.25, 0.3) is 5.57 Å². The largest absolute Gasteiger partial charge is 0.497 e. The molecule has 2 aromatic rings. The molecular formula is C20H23NO. The summed E-state index contributed by atoms with van der Waals surface area (Å²) in [6.45, 7) is 4.47. The third-order valence-electron chi connectivity index (χ3n) is 4.34. The van der Waals surface area contributed by atoms with E-state index in [0.29, 0.717) is 0 Å². The zero-order chi connectivity index (χ0) is 15.4. The van der Waals surface area contributed by atoms with Gasteiger partial charge in [-0.3, -0.25) is 0 Å². The van der Waals surface area contributed by atoms with Crippen LogP contribution >= 0.6 is 0 Å². The fourth-order valence-corrected chi connectivity index (χ4v) is 3.10. The molecule has 1 aliphatic heterocycles. The van der Waals surface area contributed by atoms with E-state index < -0.39 is 0 Å². The minimum atomic E-state index is 0.892. The van der Waals surface area contributed by atoms with Gasteiger partial charge in [0, 0.05) is 18.8 Å². The molecule has 0 saturated carbocycles. The molecule has 1 fully saturated rings. The van der Waals surface area contributed by atoms with E-state index in [9.17, 15) is 0 Å². The van der Waals surface area contributed by atoms with Gasteiger partial charge in [0.25, 0.3) is 0 Å². The Hall–Kier alpha value is -2.22. The van der Waals surface area contributed by atoms with Crippen molar-refractivity contribution in [3.63, 3.8) is 0 Å². The highest BCUT2D eigenvalue weighted by atomic mass is 16.5. The topological polar surface area (TPSA) is 12.5 Å². The van der Waals surface area contributed by atoms with Gasteiger partial charge in [-0.15, -0.1) is 0 Å². The van der Waals surface area contributed by atoms with E-state index in [1.54, 1.807) is 7.11 Å². The number of anilines is 1. The number of ether oxygens (including phenoxy) is 1. The quantitative estimate of drug-likeness (QED) is 0.807. The van der Waals surface area contributed by atoms with Crippen LogP contribution in [0.15, 0.2) is 54.6 Å². The van der Waals surface area contributed by atoms with Crippen molar-refractivity contribution in [3.8, 4) is 5.75 Å². The number of nitrogens with zero attached hydrogens (tertiary/aromatic N) is 1. The number of hydrogen-bond donors (Lipinski definition) is 0. The van der Waals surface area contributed by atoms with Gasteiger partial charge in [-0.05, 0) is 60.7 Å². The van der Waals surface area contributed by atoms with Gasteiger partial charge in [0.2, 0.25) is 0 Å². The third kappa shape index (κ3) is 3.01. The normalized spacial score (nSPS) is 15.2. The summed E-state index contributed by atoms with van der Waals surface area (Å²) in [5.74, 6) is 0.892. The van der Waals surface area contributed by atoms with Gasteiger partial charge in [-0.25, -0.2) is 0 Å². The van der Waals surface area contributed by atoms with E-state index in [2.05, 4.69) is 54.3 Å². The highest BCUT2D eigenvalue weighted by Crippen LogP contribution is 2.28. The van der Waals surface area contributed by atoms with E-state index in [0.717, 1.165) is 5.75 Å². The molecule has 0 aromatic heterocycles. The number of methoxy groups -OCH3 is 1. The molecule has 2 nitrogen and oxygen atoms in total. The van der Waals surface area contributed by atoms with Crippen LogP contribution in [0.3, 0.4) is 0 Å². The minimum Gasteiger partial charge on any atom is -0.497 e. The van der Waals surface area contributed by atoms with Crippen molar-refractivity contribution in [1.82, 2.24) is 0 Å². The predicted molar refractivity (Wildman–Crippen MR) is 93.6 cm³/mol. The van der Waals surface area contributed by atoms with Crippen molar-refractivity contribution in [2.75, 3.05) is 25.1 Å². The molecule has 0 N–H and O–H groups in total. The number of allylic oxidation sites excluding steroid dienone is 1. The molecule has 0 unspecified atom stereocenters. The van der Waals surface area contributed by atoms with Crippen molar-refractivity contribution >= 4 is 11.3 Å². The molecule has 1 saturated heterocycles. The van der Waals surface area contributed by atoms with Crippen LogP contribution in [0.4, 0.5) is 5.69 Å². The first-order valence-electron chi connectivity index (χ1n) is 7.98. The molecule has 22 heavy (non-hydrogen) atoms. The zero-order valence-corrected chi connectivity index (χ0v) is 13.4. The maximum atomic E-state index is 5.24. The van der Waals surface area contributed by atoms with Crippen LogP contribution in [-0.2, 0) is 0 Å². The molecule has 1 heterocycles. The van der Waals surface area contributed by atoms with E-state index >= 15 is 0 Å². The molecule has 0 aliphatic carbocycles. The molecule has 0 atom stereocenters. The summed E-state index contributed by atoms with van der Waals surface area (Å²) < 4.78 is 5.24. The second-order valence-electron chi connectivity index (χ2n) is 5.67. The summed E-state index contributed by atoms with van der Waals surface area (Å²) >= 11 is 0. The van der Waals surface area contributed by atoms with Gasteiger partial charge < -0.3 is 9.64 Å². The summed E-state index contributed by atoms with van der Waals surface area (Å²) in [7, 11) is 1.70. The maximum Gasteiger partial charge on any atom is 0.118 e. The molecule has 1 aliphatic rings. The minimum absolute atomic E-state index is 0.892. The van der Waals surface area contributed by atoms with Crippen molar-refractivity contribution in [2.45, 2.75) is 19.8 Å². The van der Waals surface area contributed by atoms with Crippen molar-refractivity contribution in [2.24, 2.45) is 0 Å². The molecular weight excluding hydrogens is 270 g/mol. The monoisotopic (exact) mass is 293 g/mol. The van der Waals surface area contributed by atoms with Gasteiger partial charge in [-0.2, -0.15) is 0 Å². The van der Waals surface area contributed by atoms with Crippen LogP contribution in [0.2, 0.25) is 0 Å². The lowest BCUT2D eigenvalue weighted by molar-refractivity contribution is 0.415. The molecule has 0 amide bonds. The van der Waals surface area contributed by atoms with E-state index in [1.807, 2.05) is 12.1 Å². The SMILES string of the molecule is CC=C(c1ccc(OC)cc1)c1ccc(N2CCCC2)cc1. The van der Waals surface area contributed by atoms with E-state index in [4.69, 9.17) is 4.74 Å². The Bertz CT molecular complexity index is 634. The Labute approximate surface area is 133 Å². The Kier molecular flexibility index (Phi) is 4.47. The number of hydrogen-bond acceptors (Lipinski definition) is 2. The maximum absolute atomic E-state index is 5.24. The van der Waals surface area contributed by atoms with Crippen molar-refractivity contribution < 1.29 is 4.74 Å². The van der Waals surface area contributed by atoms with Crippen LogP contribution in [0.1, 0.15) is 30.9 Å². The molecule has 2 heteroatoms. The van der Waals surface area contributed by atoms with E-state index in [-0.39, 0.29) is 0 Å². The van der Waals surface area contributed by atoms with Gasteiger partial charge in [0.15, 0.2) is 0 Å². The van der Waals surface area contributed by atoms with Gasteiger partial charge in [-0.1, -0.05) is 30.3 Å². The van der Waals surface area contributed by atoms with Gasteiger partial charge in [0.1, 0.15) is 5.75 Å². The molecule has 0 spiro atoms. The molecule has 0 bridgehead atoms. The second kappa shape index (κ2) is 6.69. The highest BCUT2D eigenvalue weighted by molar-refractivity contribution is 5.80. The van der Waals surface area contributed by atoms with E-state index in [1.165, 1.54) is 48.3 Å². The lowest BCUT2D eigenvalue weighted by Gasteiger charge is -2.18. The summed E-state index contributed by atoms with van der Waals surface area (Å²) in [4.78, 5) is 2.46. The smallest absolute Gasteiger partial charge is 0.118 e. The summed E-state index contributed by atoms with van der Waals surface area (Å²) in [5.41, 5.74) is 5.08. The van der Waals surface area contributed by atoms with Crippen LogP contribution in [-0.4, -0.2) is 20.2 Å².